The number of hydrogen-bond donors (Lipinski definition) is 0. The number of aromatic nitrogens is 3. The molecule has 0 bridgehead atoms. The highest BCUT2D eigenvalue weighted by molar-refractivity contribution is 5.84. The SMILES string of the molecule is CC(C)(C)OC(=O)N1CCC2(CCn3nc(-c4cnc5ccccc5c4F)cc32)C1. The first-order chi connectivity index (χ1) is 14.3. The smallest absolute Gasteiger partial charge is 0.410 e. The zero-order chi connectivity index (χ0) is 21.1. The van der Waals surface area contributed by atoms with Gasteiger partial charge in [0.25, 0.3) is 0 Å². The molecule has 4 heterocycles. The van der Waals surface area contributed by atoms with Crippen molar-refractivity contribution in [3.63, 3.8) is 0 Å². The van der Waals surface area contributed by atoms with Crippen molar-refractivity contribution < 1.29 is 13.9 Å². The van der Waals surface area contributed by atoms with Crippen LogP contribution in [-0.2, 0) is 16.7 Å². The third kappa shape index (κ3) is 3.04. The van der Waals surface area contributed by atoms with E-state index in [0.29, 0.717) is 35.2 Å². The predicted molar refractivity (Wildman–Crippen MR) is 112 cm³/mol. The van der Waals surface area contributed by atoms with E-state index in [1.54, 1.807) is 23.2 Å². The van der Waals surface area contributed by atoms with E-state index in [4.69, 9.17) is 4.74 Å². The molecule has 1 unspecified atom stereocenters. The van der Waals surface area contributed by atoms with E-state index in [-0.39, 0.29) is 17.3 Å². The molecule has 0 aliphatic carbocycles. The largest absolute Gasteiger partial charge is 0.444 e. The molecule has 1 amide bonds. The molecular weight excluding hydrogens is 383 g/mol. The fourth-order valence-electron chi connectivity index (χ4n) is 4.65. The third-order valence-electron chi connectivity index (χ3n) is 6.12. The highest BCUT2D eigenvalue weighted by atomic mass is 19.1. The maximum absolute atomic E-state index is 15.2. The van der Waals surface area contributed by atoms with Crippen LogP contribution < -0.4 is 0 Å². The van der Waals surface area contributed by atoms with Gasteiger partial charge in [-0.25, -0.2) is 9.18 Å². The van der Waals surface area contributed by atoms with E-state index < -0.39 is 5.60 Å². The molecule has 30 heavy (non-hydrogen) atoms. The van der Waals surface area contributed by atoms with Crippen molar-refractivity contribution in [2.45, 2.75) is 51.2 Å². The van der Waals surface area contributed by atoms with Crippen molar-refractivity contribution in [2.75, 3.05) is 13.1 Å². The van der Waals surface area contributed by atoms with E-state index in [1.165, 1.54) is 0 Å². The molecule has 2 aliphatic rings. The van der Waals surface area contributed by atoms with E-state index in [2.05, 4.69) is 10.1 Å². The Morgan fingerprint density at radius 2 is 1.97 bits per heavy atom. The molecule has 0 saturated carbocycles. The van der Waals surface area contributed by atoms with Crippen LogP contribution in [0.15, 0.2) is 36.5 Å². The summed E-state index contributed by atoms with van der Waals surface area (Å²) in [4.78, 5) is 18.7. The molecule has 3 aromatic rings. The molecule has 6 nitrogen and oxygen atoms in total. The lowest BCUT2D eigenvalue weighted by molar-refractivity contribution is 0.0284. The van der Waals surface area contributed by atoms with Gasteiger partial charge in [-0.3, -0.25) is 9.67 Å². The summed E-state index contributed by atoms with van der Waals surface area (Å²) >= 11 is 0. The van der Waals surface area contributed by atoms with Crippen LogP contribution >= 0.6 is 0 Å². The summed E-state index contributed by atoms with van der Waals surface area (Å²) in [6, 6.07) is 9.17. The van der Waals surface area contributed by atoms with Crippen LogP contribution in [0.3, 0.4) is 0 Å². The van der Waals surface area contributed by atoms with E-state index in [1.807, 2.05) is 43.7 Å². The number of hydrogen-bond acceptors (Lipinski definition) is 4. The number of pyridine rings is 1. The van der Waals surface area contributed by atoms with Crippen molar-refractivity contribution >= 4 is 17.0 Å². The summed E-state index contributed by atoms with van der Waals surface area (Å²) in [6.45, 7) is 7.65. The second-order valence-corrected chi connectivity index (χ2v) is 9.32. The minimum atomic E-state index is -0.516. The molecule has 1 saturated heterocycles. The van der Waals surface area contributed by atoms with Crippen LogP contribution in [-0.4, -0.2) is 44.4 Å². The van der Waals surface area contributed by atoms with Crippen molar-refractivity contribution in [2.24, 2.45) is 0 Å². The van der Waals surface area contributed by atoms with Gasteiger partial charge < -0.3 is 9.64 Å². The Morgan fingerprint density at radius 3 is 2.77 bits per heavy atom. The Bertz CT molecular complexity index is 1150. The number of halogens is 1. The number of carbonyl (C=O) groups is 1. The maximum atomic E-state index is 15.2. The van der Waals surface area contributed by atoms with E-state index >= 15 is 4.39 Å². The molecule has 0 radical (unpaired) electrons. The summed E-state index contributed by atoms with van der Waals surface area (Å²) in [5.41, 5.74) is 2.03. The molecule has 1 aromatic carbocycles. The van der Waals surface area contributed by atoms with Gasteiger partial charge in [-0.15, -0.1) is 0 Å². The van der Waals surface area contributed by atoms with Crippen LogP contribution in [0.25, 0.3) is 22.2 Å². The minimum Gasteiger partial charge on any atom is -0.444 e. The number of para-hydroxylation sites is 1. The molecule has 2 aliphatic heterocycles. The molecule has 5 rings (SSSR count). The fourth-order valence-corrected chi connectivity index (χ4v) is 4.65. The van der Waals surface area contributed by atoms with Crippen LogP contribution in [0.4, 0.5) is 9.18 Å². The van der Waals surface area contributed by atoms with Gasteiger partial charge in [-0.2, -0.15) is 5.10 Å². The normalized spacial score (nSPS) is 20.9. The molecule has 1 atom stereocenters. The second-order valence-electron chi connectivity index (χ2n) is 9.32. The number of fused-ring (bicyclic) bond motifs is 3. The van der Waals surface area contributed by atoms with Gasteiger partial charge in [-0.1, -0.05) is 12.1 Å². The number of ether oxygens (including phenoxy) is 1. The van der Waals surface area contributed by atoms with Gasteiger partial charge >= 0.3 is 6.09 Å². The van der Waals surface area contributed by atoms with Crippen LogP contribution in [0.5, 0.6) is 0 Å². The quantitative estimate of drug-likeness (QED) is 0.594. The van der Waals surface area contributed by atoms with Gasteiger partial charge in [0.15, 0.2) is 0 Å². The van der Waals surface area contributed by atoms with Gasteiger partial charge in [0.1, 0.15) is 11.4 Å². The van der Waals surface area contributed by atoms with Crippen molar-refractivity contribution in [3.8, 4) is 11.3 Å². The summed E-state index contributed by atoms with van der Waals surface area (Å²) < 4.78 is 22.7. The molecule has 7 heteroatoms. The van der Waals surface area contributed by atoms with Crippen molar-refractivity contribution in [1.29, 1.82) is 0 Å². The topological polar surface area (TPSA) is 60.2 Å². The van der Waals surface area contributed by atoms with Crippen LogP contribution in [0.2, 0.25) is 0 Å². The highest BCUT2D eigenvalue weighted by Crippen LogP contribution is 2.44. The predicted octanol–water partition coefficient (Wildman–Crippen LogP) is 4.52. The van der Waals surface area contributed by atoms with E-state index in [9.17, 15) is 4.79 Å². The first kappa shape index (κ1) is 19.0. The highest BCUT2D eigenvalue weighted by Gasteiger charge is 2.47. The average Bonchev–Trinajstić information content (AvgIpc) is 3.38. The number of aryl methyl sites for hydroxylation is 1. The first-order valence-electron chi connectivity index (χ1n) is 10.4. The summed E-state index contributed by atoms with van der Waals surface area (Å²) in [5, 5.41) is 5.17. The van der Waals surface area contributed by atoms with Crippen molar-refractivity contribution in [1.82, 2.24) is 19.7 Å². The lowest BCUT2D eigenvalue weighted by Gasteiger charge is -2.26. The Kier molecular flexibility index (Phi) is 4.14. The number of carbonyl (C=O) groups excluding carboxylic acids is 1. The molecular formula is C23H25FN4O2. The summed E-state index contributed by atoms with van der Waals surface area (Å²) in [6.07, 6.45) is 3.06. The average molecular weight is 408 g/mol. The molecule has 1 fully saturated rings. The van der Waals surface area contributed by atoms with Crippen molar-refractivity contribution in [3.05, 3.63) is 48.0 Å². The molecule has 1 spiro atoms. The van der Waals surface area contributed by atoms with Crippen LogP contribution in [0.1, 0.15) is 39.3 Å². The number of benzene rings is 1. The summed E-state index contributed by atoms with van der Waals surface area (Å²) in [5.74, 6) is -0.298. The maximum Gasteiger partial charge on any atom is 0.410 e. The van der Waals surface area contributed by atoms with Gasteiger partial charge in [0.05, 0.1) is 16.8 Å². The zero-order valence-corrected chi connectivity index (χ0v) is 17.5. The number of rotatable bonds is 1. The van der Waals surface area contributed by atoms with E-state index in [0.717, 1.165) is 25.1 Å². The zero-order valence-electron chi connectivity index (χ0n) is 17.5. The van der Waals surface area contributed by atoms with Gasteiger partial charge in [-0.05, 0) is 51.8 Å². The Morgan fingerprint density at radius 1 is 1.20 bits per heavy atom. The Hall–Kier alpha value is -2.96. The van der Waals surface area contributed by atoms with Gasteiger partial charge in [0, 0.05) is 42.3 Å². The first-order valence-corrected chi connectivity index (χ1v) is 10.4. The summed E-state index contributed by atoms with van der Waals surface area (Å²) in [7, 11) is 0. The minimum absolute atomic E-state index is 0.150. The standard InChI is InChI=1S/C23H25FN4O2/c1-22(2,3)30-21(29)27-10-8-23(14-27)9-11-28-19(23)12-18(26-28)16-13-25-17-7-5-4-6-15(17)20(16)24/h4-7,12-13H,8-11,14H2,1-3H3. The number of likely N-dealkylation sites (tertiary alicyclic amines) is 1. The third-order valence-corrected chi connectivity index (χ3v) is 6.12. The number of nitrogens with zero attached hydrogens (tertiary/aromatic N) is 4. The molecule has 2 aromatic heterocycles. The number of amides is 1. The monoisotopic (exact) mass is 408 g/mol. The molecule has 0 N–H and O–H groups in total. The Labute approximate surface area is 174 Å². The fraction of sp³-hybridized carbons (Fsp3) is 0.435. The lowest BCUT2D eigenvalue weighted by atomic mass is 9.82. The lowest BCUT2D eigenvalue weighted by Crippen LogP contribution is -2.37. The second kappa shape index (κ2) is 6.52. The van der Waals surface area contributed by atoms with Crippen LogP contribution in [0, 0.1) is 5.82 Å². The molecule has 156 valence electrons. The Balaban J connectivity index is 1.45. The van der Waals surface area contributed by atoms with Gasteiger partial charge in [0.2, 0.25) is 0 Å².